The molecule has 2 unspecified atom stereocenters. The smallest absolute Gasteiger partial charge is 0.230 e. The van der Waals surface area contributed by atoms with Crippen LogP contribution in [0.15, 0.2) is 12.2 Å². The average Bonchev–Trinajstić information content (AvgIpc) is 2.79. The summed E-state index contributed by atoms with van der Waals surface area (Å²) in [7, 11) is 0. The lowest BCUT2D eigenvalue weighted by Gasteiger charge is -1.98. The van der Waals surface area contributed by atoms with Crippen molar-refractivity contribution in [2.45, 2.75) is 33.1 Å². The SMILES string of the molecule is C/C=C/CC1CC(=O)NC1=O.CC1CC(=O)NC1=O. The van der Waals surface area contributed by atoms with Crippen LogP contribution in [0.5, 0.6) is 0 Å². The Morgan fingerprint density at radius 2 is 1.63 bits per heavy atom. The van der Waals surface area contributed by atoms with Crippen LogP contribution < -0.4 is 10.6 Å². The van der Waals surface area contributed by atoms with E-state index < -0.39 is 0 Å². The highest BCUT2D eigenvalue weighted by Crippen LogP contribution is 2.14. The third-order valence-electron chi connectivity index (χ3n) is 2.92. The molecule has 104 valence electrons. The fraction of sp³-hybridized carbons (Fsp3) is 0.538. The first-order valence-corrected chi connectivity index (χ1v) is 6.22. The van der Waals surface area contributed by atoms with Gasteiger partial charge in [-0.2, -0.15) is 0 Å². The summed E-state index contributed by atoms with van der Waals surface area (Å²) in [6.07, 6.45) is 5.18. The van der Waals surface area contributed by atoms with Crippen molar-refractivity contribution in [1.29, 1.82) is 0 Å². The Labute approximate surface area is 111 Å². The molecule has 2 rings (SSSR count). The van der Waals surface area contributed by atoms with E-state index in [2.05, 4.69) is 10.6 Å². The summed E-state index contributed by atoms with van der Waals surface area (Å²) in [6.45, 7) is 3.63. The summed E-state index contributed by atoms with van der Waals surface area (Å²) >= 11 is 0. The molecular formula is C13H18N2O4. The van der Waals surface area contributed by atoms with Gasteiger partial charge in [-0.05, 0) is 13.3 Å². The molecule has 0 aromatic rings. The van der Waals surface area contributed by atoms with E-state index in [1.165, 1.54) is 0 Å². The molecule has 0 aromatic carbocycles. The Kier molecular flexibility index (Phi) is 5.41. The molecule has 2 aliphatic rings. The lowest BCUT2D eigenvalue weighted by atomic mass is 10.0. The van der Waals surface area contributed by atoms with Gasteiger partial charge in [-0.3, -0.25) is 29.8 Å². The lowest BCUT2D eigenvalue weighted by molar-refractivity contribution is -0.127. The second-order valence-electron chi connectivity index (χ2n) is 4.64. The van der Waals surface area contributed by atoms with Gasteiger partial charge in [0.2, 0.25) is 23.6 Å². The summed E-state index contributed by atoms with van der Waals surface area (Å²) in [5.41, 5.74) is 0. The number of hydrogen-bond acceptors (Lipinski definition) is 4. The van der Waals surface area contributed by atoms with Crippen molar-refractivity contribution < 1.29 is 19.2 Å². The second kappa shape index (κ2) is 6.82. The zero-order valence-electron chi connectivity index (χ0n) is 11.1. The lowest BCUT2D eigenvalue weighted by Crippen LogP contribution is -2.21. The van der Waals surface area contributed by atoms with Crippen LogP contribution >= 0.6 is 0 Å². The maximum Gasteiger partial charge on any atom is 0.230 e. The quantitative estimate of drug-likeness (QED) is 0.555. The molecule has 2 atom stereocenters. The second-order valence-corrected chi connectivity index (χ2v) is 4.64. The number of nitrogens with one attached hydrogen (secondary N) is 2. The molecule has 19 heavy (non-hydrogen) atoms. The minimum Gasteiger partial charge on any atom is -0.296 e. The topological polar surface area (TPSA) is 92.3 Å². The molecule has 0 aliphatic carbocycles. The first kappa shape index (κ1) is 15.1. The molecule has 2 fully saturated rings. The van der Waals surface area contributed by atoms with Crippen molar-refractivity contribution in [3.05, 3.63) is 12.2 Å². The number of imide groups is 2. The van der Waals surface area contributed by atoms with Gasteiger partial charge in [-0.1, -0.05) is 19.1 Å². The van der Waals surface area contributed by atoms with E-state index in [0.29, 0.717) is 19.3 Å². The van der Waals surface area contributed by atoms with Crippen molar-refractivity contribution >= 4 is 23.6 Å². The molecular weight excluding hydrogens is 248 g/mol. The van der Waals surface area contributed by atoms with Crippen LogP contribution in [0.2, 0.25) is 0 Å². The van der Waals surface area contributed by atoms with Gasteiger partial charge in [-0.25, -0.2) is 0 Å². The van der Waals surface area contributed by atoms with Gasteiger partial charge in [0.25, 0.3) is 0 Å². The van der Waals surface area contributed by atoms with Crippen molar-refractivity contribution in [3.63, 3.8) is 0 Å². The number of rotatable bonds is 2. The Morgan fingerprint density at radius 3 is 1.95 bits per heavy atom. The molecule has 0 bridgehead atoms. The first-order chi connectivity index (χ1) is 8.93. The molecule has 0 aromatic heterocycles. The summed E-state index contributed by atoms with van der Waals surface area (Å²) in [5.74, 6) is -0.809. The number of amides is 4. The van der Waals surface area contributed by atoms with E-state index in [9.17, 15) is 19.2 Å². The number of allylic oxidation sites excluding steroid dienone is 2. The average molecular weight is 266 g/mol. The molecule has 0 spiro atoms. The third-order valence-corrected chi connectivity index (χ3v) is 2.92. The van der Waals surface area contributed by atoms with Crippen LogP contribution in [0.4, 0.5) is 0 Å². The number of hydrogen-bond donors (Lipinski definition) is 2. The van der Waals surface area contributed by atoms with E-state index in [1.807, 2.05) is 19.1 Å². The van der Waals surface area contributed by atoms with Crippen LogP contribution in [0.25, 0.3) is 0 Å². The molecule has 2 heterocycles. The van der Waals surface area contributed by atoms with Crippen LogP contribution in [0.3, 0.4) is 0 Å². The Balaban J connectivity index is 0.000000200. The highest BCUT2D eigenvalue weighted by molar-refractivity contribution is 6.03. The van der Waals surface area contributed by atoms with E-state index >= 15 is 0 Å². The number of carbonyl (C=O) groups is 4. The number of carbonyl (C=O) groups excluding carboxylic acids is 4. The van der Waals surface area contributed by atoms with Crippen LogP contribution in [-0.2, 0) is 19.2 Å². The Hall–Kier alpha value is -1.98. The zero-order valence-corrected chi connectivity index (χ0v) is 11.1. The molecule has 2 N–H and O–H groups in total. The third kappa shape index (κ3) is 4.65. The van der Waals surface area contributed by atoms with Crippen LogP contribution in [0.1, 0.15) is 33.1 Å². The van der Waals surface area contributed by atoms with Gasteiger partial charge in [-0.15, -0.1) is 0 Å². The molecule has 0 radical (unpaired) electrons. The monoisotopic (exact) mass is 266 g/mol. The summed E-state index contributed by atoms with van der Waals surface area (Å²) in [5, 5.41) is 4.45. The molecule has 6 heteroatoms. The molecule has 2 saturated heterocycles. The molecule has 0 saturated carbocycles. The van der Waals surface area contributed by atoms with Crippen LogP contribution in [0, 0.1) is 11.8 Å². The van der Waals surface area contributed by atoms with E-state index in [1.54, 1.807) is 6.92 Å². The van der Waals surface area contributed by atoms with Crippen molar-refractivity contribution in [1.82, 2.24) is 10.6 Å². The van der Waals surface area contributed by atoms with Crippen molar-refractivity contribution in [2.24, 2.45) is 11.8 Å². The molecule has 2 aliphatic heterocycles. The highest BCUT2D eigenvalue weighted by Gasteiger charge is 2.28. The Bertz CT molecular complexity index is 428. The van der Waals surface area contributed by atoms with Gasteiger partial charge in [0.1, 0.15) is 0 Å². The van der Waals surface area contributed by atoms with Gasteiger partial charge in [0, 0.05) is 18.8 Å². The van der Waals surface area contributed by atoms with E-state index in [-0.39, 0.29) is 35.5 Å². The van der Waals surface area contributed by atoms with Crippen LogP contribution in [-0.4, -0.2) is 23.6 Å². The van der Waals surface area contributed by atoms with E-state index in [0.717, 1.165) is 0 Å². The van der Waals surface area contributed by atoms with Gasteiger partial charge < -0.3 is 0 Å². The van der Waals surface area contributed by atoms with Crippen molar-refractivity contribution in [3.8, 4) is 0 Å². The standard InChI is InChI=1S/C8H11NO2.C5H7NO2/c1-2-3-4-6-5-7(10)9-8(6)11;1-3-2-4(7)6-5(3)8/h2-3,6H,4-5H2,1H3,(H,9,10,11);3H,2H2,1H3,(H,6,7,8)/b3-2+;. The summed E-state index contributed by atoms with van der Waals surface area (Å²) in [4.78, 5) is 42.4. The fourth-order valence-electron chi connectivity index (χ4n) is 1.78. The van der Waals surface area contributed by atoms with Gasteiger partial charge in [0.05, 0.1) is 5.92 Å². The predicted molar refractivity (Wildman–Crippen MR) is 67.6 cm³/mol. The Morgan fingerprint density at radius 1 is 1.05 bits per heavy atom. The molecule has 4 amide bonds. The zero-order chi connectivity index (χ0) is 14.4. The fourth-order valence-corrected chi connectivity index (χ4v) is 1.78. The minimum absolute atomic E-state index is 0.109. The first-order valence-electron chi connectivity index (χ1n) is 6.22. The molecule has 6 nitrogen and oxygen atoms in total. The minimum atomic E-state index is -0.150. The summed E-state index contributed by atoms with van der Waals surface area (Å²) < 4.78 is 0. The van der Waals surface area contributed by atoms with Gasteiger partial charge >= 0.3 is 0 Å². The highest BCUT2D eigenvalue weighted by atomic mass is 16.2. The maximum absolute atomic E-state index is 10.9. The predicted octanol–water partition coefficient (Wildman–Crippen LogP) is 0.284. The normalized spacial score (nSPS) is 26.2. The van der Waals surface area contributed by atoms with Gasteiger partial charge in [0.15, 0.2) is 0 Å². The van der Waals surface area contributed by atoms with E-state index in [4.69, 9.17) is 0 Å². The van der Waals surface area contributed by atoms with Crippen molar-refractivity contribution in [2.75, 3.05) is 0 Å². The largest absolute Gasteiger partial charge is 0.296 e. The maximum atomic E-state index is 10.9. The summed E-state index contributed by atoms with van der Waals surface area (Å²) in [6, 6.07) is 0.